The van der Waals surface area contributed by atoms with Gasteiger partial charge >= 0.3 is 0 Å². The number of thiophene rings is 1. The van der Waals surface area contributed by atoms with Crippen LogP contribution in [0.15, 0.2) is 41.9 Å². The van der Waals surface area contributed by atoms with E-state index in [1.807, 2.05) is 29.5 Å². The van der Waals surface area contributed by atoms with Gasteiger partial charge in [0.2, 0.25) is 5.91 Å². The fourth-order valence-electron chi connectivity index (χ4n) is 4.86. The lowest BCUT2D eigenvalue weighted by Crippen LogP contribution is -2.50. The van der Waals surface area contributed by atoms with E-state index >= 15 is 0 Å². The van der Waals surface area contributed by atoms with Gasteiger partial charge in [0.25, 0.3) is 0 Å². The zero-order valence-electron chi connectivity index (χ0n) is 19.2. The maximum absolute atomic E-state index is 13.4. The van der Waals surface area contributed by atoms with Gasteiger partial charge in [0.15, 0.2) is 0 Å². The molecule has 5 nitrogen and oxygen atoms in total. The van der Waals surface area contributed by atoms with Crippen molar-refractivity contribution in [1.82, 2.24) is 19.7 Å². The number of nitrogens with one attached hydrogen (secondary N) is 1. The van der Waals surface area contributed by atoms with Crippen LogP contribution < -0.4 is 0 Å². The Labute approximate surface area is 193 Å². The molecule has 1 aliphatic heterocycles. The fourth-order valence-corrected chi connectivity index (χ4v) is 5.93. The number of likely N-dealkylation sites (N-methyl/N-ethyl adjacent to an activating group) is 1. The first-order valence-electron chi connectivity index (χ1n) is 11.3. The number of carbonyl (C=O) groups excluding carboxylic acids is 1. The van der Waals surface area contributed by atoms with Crippen molar-refractivity contribution in [2.45, 2.75) is 31.2 Å². The monoisotopic (exact) mass is 456 g/mol. The Morgan fingerprint density at radius 3 is 2.69 bits per heavy atom. The maximum Gasteiger partial charge on any atom is 0.226 e. The van der Waals surface area contributed by atoms with Crippen LogP contribution in [0.2, 0.25) is 0 Å². The zero-order chi connectivity index (χ0) is 22.7. The molecule has 0 radical (unpaired) electrons. The third kappa shape index (κ3) is 4.75. The second-order valence-corrected chi connectivity index (χ2v) is 10.0. The number of benzene rings is 1. The largest absolute Gasteiger partial charge is 0.361 e. The molecule has 7 heteroatoms. The first kappa shape index (κ1) is 23.0. The zero-order valence-corrected chi connectivity index (χ0v) is 20.1. The summed E-state index contributed by atoms with van der Waals surface area (Å²) >= 11 is 1.86. The quantitative estimate of drug-likeness (QED) is 0.549. The van der Waals surface area contributed by atoms with Crippen LogP contribution in [0.3, 0.4) is 0 Å². The summed E-state index contributed by atoms with van der Waals surface area (Å²) in [6.07, 6.45) is 5.38. The van der Waals surface area contributed by atoms with Crippen molar-refractivity contribution in [1.29, 1.82) is 0 Å². The molecule has 1 aliphatic rings. The van der Waals surface area contributed by atoms with Crippen LogP contribution in [0.4, 0.5) is 4.39 Å². The number of nitrogens with zero attached hydrogens (tertiary/aromatic N) is 3. The topological polar surface area (TPSA) is 42.6 Å². The highest BCUT2D eigenvalue weighted by Crippen LogP contribution is 2.39. The number of rotatable bonds is 8. The number of amides is 1. The van der Waals surface area contributed by atoms with Gasteiger partial charge in [0.05, 0.1) is 12.0 Å². The van der Waals surface area contributed by atoms with Crippen molar-refractivity contribution in [3.8, 4) is 0 Å². The van der Waals surface area contributed by atoms with Gasteiger partial charge in [-0.3, -0.25) is 9.69 Å². The van der Waals surface area contributed by atoms with Crippen molar-refractivity contribution in [2.75, 3.05) is 47.3 Å². The molecule has 0 spiro atoms. The second-order valence-electron chi connectivity index (χ2n) is 9.09. The van der Waals surface area contributed by atoms with Crippen LogP contribution in [0.25, 0.3) is 10.9 Å². The van der Waals surface area contributed by atoms with Gasteiger partial charge in [0.1, 0.15) is 5.82 Å². The standard InChI is InChI=1S/C25H33FN4OS/c1-28(2)25(23-6-4-15-32-23)9-13-30(14-10-25)12-5-11-29(3)24(31)16-19-18-27-22-17-20(26)7-8-21(19)22/h4,6-8,15,17-18,27H,5,9-14,16H2,1-3H3. The number of hydrogen-bond acceptors (Lipinski definition) is 4. The summed E-state index contributed by atoms with van der Waals surface area (Å²) in [5, 5.41) is 3.09. The van der Waals surface area contributed by atoms with E-state index in [9.17, 15) is 9.18 Å². The van der Waals surface area contributed by atoms with Crippen molar-refractivity contribution in [2.24, 2.45) is 0 Å². The number of halogens is 1. The highest BCUT2D eigenvalue weighted by molar-refractivity contribution is 7.10. The van der Waals surface area contributed by atoms with E-state index in [-0.39, 0.29) is 17.3 Å². The molecular weight excluding hydrogens is 423 g/mol. The summed E-state index contributed by atoms with van der Waals surface area (Å²) in [5.41, 5.74) is 1.80. The average Bonchev–Trinajstić information content (AvgIpc) is 3.44. The van der Waals surface area contributed by atoms with Crippen LogP contribution in [-0.4, -0.2) is 72.9 Å². The van der Waals surface area contributed by atoms with Gasteiger partial charge in [-0.15, -0.1) is 11.3 Å². The molecule has 1 N–H and O–H groups in total. The Bertz CT molecular complexity index is 1040. The van der Waals surface area contributed by atoms with Gasteiger partial charge in [0, 0.05) is 48.7 Å². The number of likely N-dealkylation sites (tertiary alicyclic amines) is 1. The van der Waals surface area contributed by atoms with Crippen LogP contribution in [-0.2, 0) is 16.8 Å². The van der Waals surface area contributed by atoms with Gasteiger partial charge in [-0.25, -0.2) is 4.39 Å². The molecule has 4 rings (SSSR count). The lowest BCUT2D eigenvalue weighted by Gasteiger charge is -2.46. The average molecular weight is 457 g/mol. The first-order chi connectivity index (χ1) is 15.4. The summed E-state index contributed by atoms with van der Waals surface area (Å²) in [5.74, 6) is -0.177. The summed E-state index contributed by atoms with van der Waals surface area (Å²) in [6, 6.07) is 9.07. The predicted octanol–water partition coefficient (Wildman–Crippen LogP) is 4.31. The molecule has 3 heterocycles. The Morgan fingerprint density at radius 2 is 2.00 bits per heavy atom. The highest BCUT2D eigenvalue weighted by Gasteiger charge is 2.38. The molecular formula is C25H33FN4OS. The van der Waals surface area contributed by atoms with Gasteiger partial charge in [-0.1, -0.05) is 6.07 Å². The Morgan fingerprint density at radius 1 is 1.22 bits per heavy atom. The Hall–Kier alpha value is -2.22. The fraction of sp³-hybridized carbons (Fsp3) is 0.480. The van der Waals surface area contributed by atoms with E-state index in [1.165, 1.54) is 17.0 Å². The number of carbonyl (C=O) groups is 1. The molecule has 3 aromatic rings. The van der Waals surface area contributed by atoms with E-state index in [0.717, 1.165) is 61.9 Å². The third-order valence-electron chi connectivity index (χ3n) is 6.98. The number of hydrogen-bond donors (Lipinski definition) is 1. The van der Waals surface area contributed by atoms with E-state index in [1.54, 1.807) is 6.07 Å². The minimum Gasteiger partial charge on any atom is -0.361 e. The maximum atomic E-state index is 13.4. The van der Waals surface area contributed by atoms with Gasteiger partial charge < -0.3 is 14.8 Å². The lowest BCUT2D eigenvalue weighted by molar-refractivity contribution is -0.129. The molecule has 0 aliphatic carbocycles. The molecule has 32 heavy (non-hydrogen) atoms. The number of fused-ring (bicyclic) bond motifs is 1. The third-order valence-corrected chi connectivity index (χ3v) is 8.05. The SMILES string of the molecule is CN(CCCN1CCC(c2cccs2)(N(C)C)CC1)C(=O)Cc1c[nH]c2cc(F)ccc12. The minimum atomic E-state index is -0.273. The molecule has 1 fully saturated rings. The van der Waals surface area contributed by atoms with Crippen molar-refractivity contribution < 1.29 is 9.18 Å². The molecule has 1 amide bonds. The molecule has 0 atom stereocenters. The molecule has 0 saturated carbocycles. The summed E-state index contributed by atoms with van der Waals surface area (Å²) in [4.78, 5) is 24.0. The van der Waals surface area contributed by atoms with E-state index < -0.39 is 0 Å². The van der Waals surface area contributed by atoms with Crippen molar-refractivity contribution in [3.05, 3.63) is 58.2 Å². The normalized spacial score (nSPS) is 16.7. The summed E-state index contributed by atoms with van der Waals surface area (Å²) < 4.78 is 13.4. The van der Waals surface area contributed by atoms with Crippen LogP contribution >= 0.6 is 11.3 Å². The summed E-state index contributed by atoms with van der Waals surface area (Å²) in [6.45, 7) is 3.92. The number of aromatic amines is 1. The van der Waals surface area contributed by atoms with Crippen molar-refractivity contribution >= 4 is 28.1 Å². The van der Waals surface area contributed by atoms with Crippen LogP contribution in [0.1, 0.15) is 29.7 Å². The molecule has 1 aromatic carbocycles. The van der Waals surface area contributed by atoms with Crippen LogP contribution in [0, 0.1) is 5.82 Å². The lowest BCUT2D eigenvalue weighted by atomic mass is 9.84. The van der Waals surface area contributed by atoms with Gasteiger partial charge in [-0.05, 0) is 75.1 Å². The summed E-state index contributed by atoms with van der Waals surface area (Å²) in [7, 11) is 6.27. The number of H-pyrrole nitrogens is 1. The Balaban J connectivity index is 1.24. The minimum absolute atomic E-state index is 0.0955. The van der Waals surface area contributed by atoms with E-state index in [0.29, 0.717) is 6.42 Å². The Kier molecular flexibility index (Phi) is 6.98. The van der Waals surface area contributed by atoms with E-state index in [4.69, 9.17) is 0 Å². The molecule has 1 saturated heterocycles. The van der Waals surface area contributed by atoms with Crippen molar-refractivity contribution in [3.63, 3.8) is 0 Å². The molecule has 0 bridgehead atoms. The number of aromatic nitrogens is 1. The number of piperidine rings is 1. The van der Waals surface area contributed by atoms with E-state index in [2.05, 4.69) is 46.4 Å². The molecule has 0 unspecified atom stereocenters. The highest BCUT2D eigenvalue weighted by atomic mass is 32.1. The molecule has 172 valence electrons. The molecule has 2 aromatic heterocycles. The predicted molar refractivity (Wildman–Crippen MR) is 130 cm³/mol. The van der Waals surface area contributed by atoms with Gasteiger partial charge in [-0.2, -0.15) is 0 Å². The first-order valence-corrected chi connectivity index (χ1v) is 12.2. The smallest absolute Gasteiger partial charge is 0.226 e. The van der Waals surface area contributed by atoms with Crippen LogP contribution in [0.5, 0.6) is 0 Å². The second kappa shape index (κ2) is 9.73.